The number of H-pyrrole nitrogens is 2. The number of fused-ring (bicyclic) bond motifs is 2. The van der Waals surface area contributed by atoms with Crippen LogP contribution in [0.4, 0.5) is 23.1 Å². The fourth-order valence-corrected chi connectivity index (χ4v) is 2.85. The Morgan fingerprint density at radius 3 is 2.77 bits per heavy atom. The van der Waals surface area contributed by atoms with Crippen molar-refractivity contribution in [3.8, 4) is 0 Å². The van der Waals surface area contributed by atoms with E-state index in [-0.39, 0.29) is 0 Å². The predicted molar refractivity (Wildman–Crippen MR) is 101 cm³/mol. The topological polar surface area (TPSA) is 107 Å². The maximum Gasteiger partial charge on any atom is 0.229 e. The third kappa shape index (κ3) is 2.59. The molecule has 2 aromatic carbocycles. The average molecular weight is 342 g/mol. The van der Waals surface area contributed by atoms with Crippen LogP contribution in [-0.2, 0) is 0 Å². The molecule has 0 radical (unpaired) electrons. The van der Waals surface area contributed by atoms with E-state index in [0.29, 0.717) is 11.8 Å². The number of nitrogens with zero attached hydrogens (tertiary/aromatic N) is 4. The highest BCUT2D eigenvalue weighted by atomic mass is 15.1. The van der Waals surface area contributed by atoms with E-state index in [1.165, 1.54) is 0 Å². The third-order valence-electron chi connectivity index (χ3n) is 4.10. The molecule has 8 heteroatoms. The first-order valence-corrected chi connectivity index (χ1v) is 8.07. The fourth-order valence-electron chi connectivity index (χ4n) is 2.85. The molecule has 5 rings (SSSR count). The van der Waals surface area contributed by atoms with Crippen molar-refractivity contribution in [2.45, 2.75) is 0 Å². The maximum absolute atomic E-state index is 4.53. The zero-order chi connectivity index (χ0) is 17.3. The monoisotopic (exact) mass is 342 g/mol. The van der Waals surface area contributed by atoms with Crippen LogP contribution in [0.15, 0.2) is 61.1 Å². The molecule has 0 aliphatic heterocycles. The highest BCUT2D eigenvalue weighted by Crippen LogP contribution is 2.25. The minimum absolute atomic E-state index is 0.511. The lowest BCUT2D eigenvalue weighted by Crippen LogP contribution is -2.00. The van der Waals surface area contributed by atoms with E-state index in [2.05, 4.69) is 41.0 Å². The van der Waals surface area contributed by atoms with Crippen LogP contribution in [0.3, 0.4) is 0 Å². The zero-order valence-corrected chi connectivity index (χ0v) is 13.6. The van der Waals surface area contributed by atoms with Gasteiger partial charge < -0.3 is 10.6 Å². The molecule has 0 saturated heterocycles. The quantitative estimate of drug-likeness (QED) is 0.396. The summed E-state index contributed by atoms with van der Waals surface area (Å²) in [5, 5.41) is 22.6. The fraction of sp³-hybridized carbons (Fsp3) is 0. The lowest BCUT2D eigenvalue weighted by Gasteiger charge is -2.09. The molecular formula is C18H14N8. The first kappa shape index (κ1) is 14.4. The van der Waals surface area contributed by atoms with Gasteiger partial charge in [-0.25, -0.2) is 4.98 Å². The predicted octanol–water partition coefficient (Wildman–Crippen LogP) is 3.72. The summed E-state index contributed by atoms with van der Waals surface area (Å²) in [7, 11) is 0. The highest BCUT2D eigenvalue weighted by molar-refractivity contribution is 5.92. The van der Waals surface area contributed by atoms with E-state index in [1.807, 2.05) is 42.5 Å². The molecule has 0 bridgehead atoms. The number of anilines is 4. The summed E-state index contributed by atoms with van der Waals surface area (Å²) in [6.45, 7) is 0. The summed E-state index contributed by atoms with van der Waals surface area (Å²) in [4.78, 5) is 8.83. The molecule has 0 atom stereocenters. The molecule has 4 N–H and O–H groups in total. The SMILES string of the molecule is c1cc(Nc2ccnc(Nc3ccc4[nH]ncc4c3)n2)c2cn[nH]c2c1. The minimum Gasteiger partial charge on any atom is -0.339 e. The standard InChI is InChI=1S/C18H14N8/c1-2-15(13-10-21-26-16(13)3-1)23-17-6-7-19-18(24-17)22-12-4-5-14-11(8-12)9-20-25-14/h1-10H,(H,20,25)(H,21,26)(H2,19,22,23,24). The molecule has 126 valence electrons. The van der Waals surface area contributed by atoms with Gasteiger partial charge in [-0.3, -0.25) is 10.2 Å². The van der Waals surface area contributed by atoms with Crippen molar-refractivity contribution in [1.82, 2.24) is 30.4 Å². The van der Waals surface area contributed by atoms with Crippen LogP contribution in [0.5, 0.6) is 0 Å². The second-order valence-electron chi connectivity index (χ2n) is 5.82. The van der Waals surface area contributed by atoms with Gasteiger partial charge in [0.05, 0.1) is 29.1 Å². The third-order valence-corrected chi connectivity index (χ3v) is 4.10. The molecule has 3 heterocycles. The van der Waals surface area contributed by atoms with E-state index in [0.717, 1.165) is 33.2 Å². The smallest absolute Gasteiger partial charge is 0.229 e. The summed E-state index contributed by atoms with van der Waals surface area (Å²) < 4.78 is 0. The van der Waals surface area contributed by atoms with Gasteiger partial charge in [-0.05, 0) is 36.4 Å². The number of aromatic amines is 2. The Morgan fingerprint density at radius 1 is 0.846 bits per heavy atom. The largest absolute Gasteiger partial charge is 0.339 e. The van der Waals surface area contributed by atoms with E-state index >= 15 is 0 Å². The molecule has 8 nitrogen and oxygen atoms in total. The van der Waals surface area contributed by atoms with Gasteiger partial charge in [0.15, 0.2) is 0 Å². The van der Waals surface area contributed by atoms with Gasteiger partial charge in [0.25, 0.3) is 0 Å². The molecule has 3 aromatic heterocycles. The van der Waals surface area contributed by atoms with E-state index in [9.17, 15) is 0 Å². The van der Waals surface area contributed by atoms with Crippen LogP contribution in [0, 0.1) is 0 Å². The molecule has 0 aliphatic rings. The Balaban J connectivity index is 1.42. The van der Waals surface area contributed by atoms with Crippen LogP contribution in [0.1, 0.15) is 0 Å². The van der Waals surface area contributed by atoms with Gasteiger partial charge >= 0.3 is 0 Å². The van der Waals surface area contributed by atoms with Crippen molar-refractivity contribution in [1.29, 1.82) is 0 Å². The van der Waals surface area contributed by atoms with Crippen LogP contribution in [0.25, 0.3) is 21.8 Å². The zero-order valence-electron chi connectivity index (χ0n) is 13.6. The molecular weight excluding hydrogens is 328 g/mol. The summed E-state index contributed by atoms with van der Waals surface area (Å²) >= 11 is 0. The van der Waals surface area contributed by atoms with Crippen molar-refractivity contribution in [2.24, 2.45) is 0 Å². The van der Waals surface area contributed by atoms with Crippen molar-refractivity contribution < 1.29 is 0 Å². The lowest BCUT2D eigenvalue weighted by atomic mass is 10.2. The lowest BCUT2D eigenvalue weighted by molar-refractivity contribution is 1.12. The summed E-state index contributed by atoms with van der Waals surface area (Å²) in [5.74, 6) is 1.21. The molecule has 0 spiro atoms. The molecule has 0 saturated carbocycles. The van der Waals surface area contributed by atoms with Crippen molar-refractivity contribution >= 4 is 44.9 Å². The number of hydrogen-bond donors (Lipinski definition) is 4. The van der Waals surface area contributed by atoms with Gasteiger partial charge in [-0.1, -0.05) is 6.07 Å². The second kappa shape index (κ2) is 5.85. The summed E-state index contributed by atoms with van der Waals surface area (Å²) in [6, 6.07) is 13.7. The summed E-state index contributed by atoms with van der Waals surface area (Å²) in [5.41, 5.74) is 3.78. The first-order chi connectivity index (χ1) is 12.8. The molecule has 5 aromatic rings. The van der Waals surface area contributed by atoms with Crippen LogP contribution >= 0.6 is 0 Å². The normalized spacial score (nSPS) is 11.1. The van der Waals surface area contributed by atoms with Gasteiger partial charge in [-0.2, -0.15) is 15.2 Å². The van der Waals surface area contributed by atoms with E-state index in [1.54, 1.807) is 18.6 Å². The molecule has 0 unspecified atom stereocenters. The first-order valence-electron chi connectivity index (χ1n) is 8.07. The Labute approximate surface area is 147 Å². The second-order valence-corrected chi connectivity index (χ2v) is 5.82. The van der Waals surface area contributed by atoms with Crippen LogP contribution in [0.2, 0.25) is 0 Å². The number of nitrogens with one attached hydrogen (secondary N) is 4. The van der Waals surface area contributed by atoms with Gasteiger partial charge in [0.2, 0.25) is 5.95 Å². The Morgan fingerprint density at radius 2 is 1.77 bits per heavy atom. The number of aromatic nitrogens is 6. The molecule has 0 fully saturated rings. The van der Waals surface area contributed by atoms with Crippen molar-refractivity contribution in [3.63, 3.8) is 0 Å². The van der Waals surface area contributed by atoms with Gasteiger partial charge in [-0.15, -0.1) is 0 Å². The maximum atomic E-state index is 4.53. The van der Waals surface area contributed by atoms with Gasteiger partial charge in [0.1, 0.15) is 5.82 Å². The Hall–Kier alpha value is -3.94. The Bertz CT molecular complexity index is 1210. The van der Waals surface area contributed by atoms with Crippen molar-refractivity contribution in [3.05, 3.63) is 61.1 Å². The molecule has 0 aliphatic carbocycles. The number of benzene rings is 2. The molecule has 26 heavy (non-hydrogen) atoms. The van der Waals surface area contributed by atoms with Crippen molar-refractivity contribution in [2.75, 3.05) is 10.6 Å². The number of hydrogen-bond acceptors (Lipinski definition) is 6. The molecule has 0 amide bonds. The summed E-state index contributed by atoms with van der Waals surface area (Å²) in [6.07, 6.45) is 5.28. The Kier molecular flexibility index (Phi) is 3.24. The van der Waals surface area contributed by atoms with Gasteiger partial charge in [0, 0.05) is 22.7 Å². The van der Waals surface area contributed by atoms with Crippen LogP contribution in [-0.4, -0.2) is 30.4 Å². The minimum atomic E-state index is 0.511. The van der Waals surface area contributed by atoms with E-state index in [4.69, 9.17) is 0 Å². The highest BCUT2D eigenvalue weighted by Gasteiger charge is 2.06. The van der Waals surface area contributed by atoms with E-state index < -0.39 is 0 Å². The van der Waals surface area contributed by atoms with Crippen LogP contribution < -0.4 is 10.6 Å². The number of rotatable bonds is 4. The average Bonchev–Trinajstić information content (AvgIpc) is 3.31.